The second kappa shape index (κ2) is 8.39. The molecule has 0 aliphatic carbocycles. The van der Waals surface area contributed by atoms with Crippen molar-refractivity contribution < 1.29 is 14.4 Å². The third kappa shape index (κ3) is 4.48. The predicted molar refractivity (Wildman–Crippen MR) is 106 cm³/mol. The number of anilines is 1. The number of primary amides is 1. The number of pyridine rings is 1. The van der Waals surface area contributed by atoms with Crippen molar-refractivity contribution in [3.63, 3.8) is 0 Å². The van der Waals surface area contributed by atoms with Crippen LogP contribution in [0.4, 0.5) is 5.69 Å². The molecule has 0 spiro atoms. The highest BCUT2D eigenvalue weighted by Gasteiger charge is 2.34. The lowest BCUT2D eigenvalue weighted by molar-refractivity contribution is -0.146. The van der Waals surface area contributed by atoms with Crippen molar-refractivity contribution in [1.29, 1.82) is 0 Å². The van der Waals surface area contributed by atoms with Gasteiger partial charge in [0.25, 0.3) is 0 Å². The zero-order chi connectivity index (χ0) is 20.3. The van der Waals surface area contributed by atoms with Crippen LogP contribution in [0.15, 0.2) is 42.7 Å². The van der Waals surface area contributed by atoms with Crippen LogP contribution in [-0.4, -0.2) is 34.2 Å². The van der Waals surface area contributed by atoms with Crippen LogP contribution >= 0.6 is 11.6 Å². The lowest BCUT2D eigenvalue weighted by Crippen LogP contribution is -2.46. The Labute approximate surface area is 167 Å². The number of likely N-dealkylation sites (tertiary alicyclic amines) is 1. The predicted octanol–water partition coefficient (Wildman–Crippen LogP) is 2.77. The average molecular weight is 401 g/mol. The summed E-state index contributed by atoms with van der Waals surface area (Å²) in [5, 5.41) is 3.12. The summed E-state index contributed by atoms with van der Waals surface area (Å²) in [6.07, 6.45) is 4.37. The molecule has 0 saturated carbocycles. The number of rotatable bonds is 3. The zero-order valence-electron chi connectivity index (χ0n) is 15.4. The number of hydrogen-bond acceptors (Lipinski definition) is 4. The van der Waals surface area contributed by atoms with E-state index in [1.807, 2.05) is 12.1 Å². The molecule has 0 bridgehead atoms. The first-order valence-electron chi connectivity index (χ1n) is 8.97. The van der Waals surface area contributed by atoms with Gasteiger partial charge in [-0.25, -0.2) is 0 Å². The number of nitrogens with two attached hydrogens (primary N) is 1. The first-order chi connectivity index (χ1) is 13.3. The van der Waals surface area contributed by atoms with Crippen LogP contribution < -0.4 is 11.1 Å². The number of hydrogen-bond donors (Lipinski definition) is 2. The van der Waals surface area contributed by atoms with Crippen LogP contribution in [0.3, 0.4) is 0 Å². The Bertz CT molecular complexity index is 901. The molecule has 1 saturated heterocycles. The maximum absolute atomic E-state index is 12.9. The first-order valence-corrected chi connectivity index (χ1v) is 9.35. The SMILES string of the molecule is C[C@@H]1CC[C@@H](c2ccc(Cl)cc2)N(C(=O)C(=O)Nc2cncc(C(N)=O)c2)C1. The van der Waals surface area contributed by atoms with Crippen molar-refractivity contribution in [2.24, 2.45) is 11.7 Å². The summed E-state index contributed by atoms with van der Waals surface area (Å²) in [5.74, 6) is -1.78. The molecule has 28 heavy (non-hydrogen) atoms. The maximum atomic E-state index is 12.9. The minimum Gasteiger partial charge on any atom is -0.366 e. The lowest BCUT2D eigenvalue weighted by Gasteiger charge is -2.38. The summed E-state index contributed by atoms with van der Waals surface area (Å²) in [7, 11) is 0. The van der Waals surface area contributed by atoms with E-state index in [0.29, 0.717) is 17.5 Å². The molecule has 0 radical (unpaired) electrons. The molecule has 1 aliphatic rings. The first kappa shape index (κ1) is 19.8. The fourth-order valence-corrected chi connectivity index (χ4v) is 3.49. The Hall–Kier alpha value is -2.93. The summed E-state index contributed by atoms with van der Waals surface area (Å²) in [4.78, 5) is 42.2. The molecule has 0 unspecified atom stereocenters. The van der Waals surface area contributed by atoms with Gasteiger partial charge in [-0.05, 0) is 42.5 Å². The summed E-state index contributed by atoms with van der Waals surface area (Å²) >= 11 is 5.96. The van der Waals surface area contributed by atoms with Crippen LogP contribution in [-0.2, 0) is 9.59 Å². The number of nitrogens with one attached hydrogen (secondary N) is 1. The highest BCUT2D eigenvalue weighted by atomic mass is 35.5. The van der Waals surface area contributed by atoms with Crippen LogP contribution in [0, 0.1) is 5.92 Å². The molecular weight excluding hydrogens is 380 g/mol. The van der Waals surface area contributed by atoms with Crippen molar-refractivity contribution in [2.45, 2.75) is 25.8 Å². The quantitative estimate of drug-likeness (QED) is 0.772. The summed E-state index contributed by atoms with van der Waals surface area (Å²) in [6, 6.07) is 8.50. The average Bonchev–Trinajstić information content (AvgIpc) is 2.68. The van der Waals surface area contributed by atoms with E-state index in [1.54, 1.807) is 17.0 Å². The van der Waals surface area contributed by atoms with Gasteiger partial charge >= 0.3 is 11.8 Å². The van der Waals surface area contributed by atoms with Crippen molar-refractivity contribution >= 4 is 35.0 Å². The van der Waals surface area contributed by atoms with Gasteiger partial charge in [-0.2, -0.15) is 0 Å². The van der Waals surface area contributed by atoms with E-state index in [2.05, 4.69) is 17.2 Å². The molecule has 8 heteroatoms. The van der Waals surface area contributed by atoms with Crippen molar-refractivity contribution in [1.82, 2.24) is 9.88 Å². The largest absolute Gasteiger partial charge is 0.366 e. The normalized spacial score (nSPS) is 19.1. The molecule has 3 N–H and O–H groups in total. The third-order valence-electron chi connectivity index (χ3n) is 4.81. The zero-order valence-corrected chi connectivity index (χ0v) is 16.1. The Morgan fingerprint density at radius 2 is 1.89 bits per heavy atom. The molecule has 1 aromatic heterocycles. The Morgan fingerprint density at radius 3 is 2.57 bits per heavy atom. The smallest absolute Gasteiger partial charge is 0.313 e. The van der Waals surface area contributed by atoms with E-state index in [-0.39, 0.29) is 17.3 Å². The number of amides is 3. The summed E-state index contributed by atoms with van der Waals surface area (Å²) in [5.41, 5.74) is 6.55. The molecular formula is C20H21ClN4O3. The van der Waals surface area contributed by atoms with Crippen molar-refractivity contribution in [2.75, 3.05) is 11.9 Å². The Kier molecular flexibility index (Phi) is 5.94. The minimum absolute atomic E-state index is 0.149. The molecule has 146 valence electrons. The standard InChI is InChI=1S/C20H21ClN4O3/c1-12-2-7-17(13-3-5-15(21)6-4-13)25(11-12)20(28)19(27)24-16-8-14(18(22)26)9-23-10-16/h3-6,8-10,12,17H,2,7,11H2,1H3,(H2,22,26)(H,24,27)/t12-,17+/m1/s1. The molecule has 1 aliphatic heterocycles. The van der Waals surface area contributed by atoms with Crippen molar-refractivity contribution in [3.05, 3.63) is 58.9 Å². The maximum Gasteiger partial charge on any atom is 0.313 e. The van der Waals surface area contributed by atoms with E-state index in [4.69, 9.17) is 17.3 Å². The minimum atomic E-state index is -0.781. The molecule has 7 nitrogen and oxygen atoms in total. The Balaban J connectivity index is 1.79. The number of nitrogens with zero attached hydrogens (tertiary/aromatic N) is 2. The number of aromatic nitrogens is 1. The van der Waals surface area contributed by atoms with Crippen LogP contribution in [0.5, 0.6) is 0 Å². The van der Waals surface area contributed by atoms with Crippen LogP contribution in [0.2, 0.25) is 5.02 Å². The van der Waals surface area contributed by atoms with Gasteiger partial charge in [0.2, 0.25) is 5.91 Å². The second-order valence-corrected chi connectivity index (χ2v) is 7.42. The molecule has 2 atom stereocenters. The van der Waals surface area contributed by atoms with Gasteiger partial charge in [0, 0.05) is 17.8 Å². The second-order valence-electron chi connectivity index (χ2n) is 6.99. The molecule has 1 aromatic carbocycles. The van der Waals surface area contributed by atoms with Crippen LogP contribution in [0.25, 0.3) is 0 Å². The molecule has 3 rings (SSSR count). The number of halogens is 1. The van der Waals surface area contributed by atoms with Gasteiger partial charge in [-0.1, -0.05) is 30.7 Å². The van der Waals surface area contributed by atoms with Gasteiger partial charge in [-0.3, -0.25) is 19.4 Å². The number of carbonyl (C=O) groups excluding carboxylic acids is 3. The van der Waals surface area contributed by atoms with E-state index in [0.717, 1.165) is 18.4 Å². The molecule has 2 heterocycles. The molecule has 3 amide bonds. The fraction of sp³-hybridized carbons (Fsp3) is 0.300. The third-order valence-corrected chi connectivity index (χ3v) is 5.06. The van der Waals surface area contributed by atoms with E-state index < -0.39 is 17.7 Å². The van der Waals surface area contributed by atoms with Gasteiger partial charge in [0.05, 0.1) is 23.5 Å². The van der Waals surface area contributed by atoms with Gasteiger partial charge in [0.15, 0.2) is 0 Å². The lowest BCUT2D eigenvalue weighted by atomic mass is 9.90. The molecule has 1 fully saturated rings. The van der Waals surface area contributed by atoms with Gasteiger partial charge in [0.1, 0.15) is 0 Å². The van der Waals surface area contributed by atoms with E-state index >= 15 is 0 Å². The van der Waals surface area contributed by atoms with Gasteiger partial charge < -0.3 is 16.0 Å². The summed E-state index contributed by atoms with van der Waals surface area (Å²) < 4.78 is 0. The summed E-state index contributed by atoms with van der Waals surface area (Å²) in [6.45, 7) is 2.54. The van der Waals surface area contributed by atoms with Crippen LogP contribution in [0.1, 0.15) is 41.7 Å². The van der Waals surface area contributed by atoms with Crippen molar-refractivity contribution in [3.8, 4) is 0 Å². The number of carbonyl (C=O) groups is 3. The highest BCUT2D eigenvalue weighted by molar-refractivity contribution is 6.39. The molecule has 2 aromatic rings. The fourth-order valence-electron chi connectivity index (χ4n) is 3.37. The Morgan fingerprint density at radius 1 is 1.18 bits per heavy atom. The number of benzene rings is 1. The van der Waals surface area contributed by atoms with E-state index in [9.17, 15) is 14.4 Å². The topological polar surface area (TPSA) is 105 Å². The highest BCUT2D eigenvalue weighted by Crippen LogP contribution is 2.34. The monoisotopic (exact) mass is 400 g/mol. The van der Waals surface area contributed by atoms with Gasteiger partial charge in [-0.15, -0.1) is 0 Å². The van der Waals surface area contributed by atoms with E-state index in [1.165, 1.54) is 18.5 Å². The number of piperidine rings is 1.